The van der Waals surface area contributed by atoms with Crippen molar-refractivity contribution >= 4 is 17.0 Å². The molecule has 0 radical (unpaired) electrons. The molecule has 1 aliphatic heterocycles. The van der Waals surface area contributed by atoms with E-state index < -0.39 is 47.0 Å². The number of hydrogen-bond donors (Lipinski definition) is 1. The fraction of sp³-hybridized carbons (Fsp3) is 0.345. The van der Waals surface area contributed by atoms with Gasteiger partial charge in [-0.25, -0.2) is 14.2 Å². The van der Waals surface area contributed by atoms with Gasteiger partial charge in [0, 0.05) is 55.1 Å². The zero-order valence-electron chi connectivity index (χ0n) is 22.9. The summed E-state index contributed by atoms with van der Waals surface area (Å²) in [6.07, 6.45) is -3.10. The molecule has 4 aromatic rings. The van der Waals surface area contributed by atoms with Gasteiger partial charge in [0.25, 0.3) is 5.56 Å². The number of aromatic nitrogens is 3. The molecular formula is C29H30F4N6O2S. The van der Waals surface area contributed by atoms with Gasteiger partial charge in [-0.05, 0) is 24.6 Å². The van der Waals surface area contributed by atoms with Crippen LogP contribution in [0.1, 0.15) is 33.4 Å². The molecule has 0 amide bonds. The summed E-state index contributed by atoms with van der Waals surface area (Å²) in [6.45, 7) is 3.35. The van der Waals surface area contributed by atoms with E-state index in [4.69, 9.17) is 5.73 Å². The lowest BCUT2D eigenvalue weighted by molar-refractivity contribution is -0.138. The van der Waals surface area contributed by atoms with Crippen LogP contribution in [0.5, 0.6) is 0 Å². The summed E-state index contributed by atoms with van der Waals surface area (Å²) in [4.78, 5) is 36.0. The lowest BCUT2D eigenvalue weighted by Crippen LogP contribution is -2.51. The van der Waals surface area contributed by atoms with Gasteiger partial charge in [0.15, 0.2) is 0 Å². The summed E-state index contributed by atoms with van der Waals surface area (Å²) >= 11 is 1.55. The molecule has 0 bridgehead atoms. The largest absolute Gasteiger partial charge is 0.416 e. The number of thiazole rings is 1. The van der Waals surface area contributed by atoms with E-state index in [1.807, 2.05) is 10.3 Å². The van der Waals surface area contributed by atoms with Crippen LogP contribution in [-0.2, 0) is 25.8 Å². The fourth-order valence-corrected chi connectivity index (χ4v) is 5.95. The van der Waals surface area contributed by atoms with E-state index in [1.54, 1.807) is 47.9 Å². The number of rotatable bonds is 8. The third-order valence-corrected chi connectivity index (χ3v) is 8.30. The van der Waals surface area contributed by atoms with Crippen molar-refractivity contribution in [3.8, 4) is 0 Å². The van der Waals surface area contributed by atoms with Crippen LogP contribution in [0.2, 0.25) is 0 Å². The van der Waals surface area contributed by atoms with Crippen molar-refractivity contribution in [1.29, 1.82) is 0 Å². The van der Waals surface area contributed by atoms with E-state index in [0.29, 0.717) is 38.3 Å². The third kappa shape index (κ3) is 6.18. The minimum atomic E-state index is -4.84. The van der Waals surface area contributed by atoms with Crippen molar-refractivity contribution < 1.29 is 17.6 Å². The smallest absolute Gasteiger partial charge is 0.363 e. The predicted octanol–water partition coefficient (Wildman–Crippen LogP) is 4.00. The summed E-state index contributed by atoms with van der Waals surface area (Å²) in [5.74, 6) is -1.09. The standard InChI is InChI=1S/C29H30F4N6O2S/c1-19-26(37-13-11-36(12-14-37)18-25-35-10-15-42-25)27(40)39(17-24(34)20-6-3-2-4-7-20)28(41)38(19)16-21-22(29(31,32)33)8-5-9-23(21)30/h2-10,15,24H,11-14,16-18,34H2,1H3/t24-/m1/s1. The highest BCUT2D eigenvalue weighted by atomic mass is 32.1. The molecule has 2 N–H and O–H groups in total. The number of halogens is 4. The molecule has 13 heteroatoms. The van der Waals surface area contributed by atoms with Crippen LogP contribution in [0.25, 0.3) is 0 Å². The van der Waals surface area contributed by atoms with Crippen LogP contribution in [0.15, 0.2) is 69.7 Å². The van der Waals surface area contributed by atoms with Crippen LogP contribution in [0, 0.1) is 12.7 Å². The molecule has 1 atom stereocenters. The molecule has 0 aliphatic carbocycles. The molecule has 1 saturated heterocycles. The highest BCUT2D eigenvalue weighted by molar-refractivity contribution is 7.09. The molecule has 0 saturated carbocycles. The van der Waals surface area contributed by atoms with Crippen LogP contribution in [-0.4, -0.2) is 45.2 Å². The van der Waals surface area contributed by atoms with E-state index in [1.165, 1.54) is 6.92 Å². The van der Waals surface area contributed by atoms with E-state index in [-0.39, 0.29) is 17.9 Å². The highest BCUT2D eigenvalue weighted by Crippen LogP contribution is 2.33. The van der Waals surface area contributed by atoms with E-state index in [0.717, 1.165) is 32.3 Å². The average Bonchev–Trinajstić information content (AvgIpc) is 3.48. The molecule has 1 fully saturated rings. The second-order valence-electron chi connectivity index (χ2n) is 10.2. The Balaban J connectivity index is 1.56. The number of anilines is 1. The Morgan fingerprint density at radius 1 is 0.976 bits per heavy atom. The number of alkyl halides is 3. The Morgan fingerprint density at radius 3 is 2.33 bits per heavy atom. The summed E-state index contributed by atoms with van der Waals surface area (Å²) in [6, 6.07) is 10.8. The molecule has 222 valence electrons. The monoisotopic (exact) mass is 602 g/mol. The lowest BCUT2D eigenvalue weighted by Gasteiger charge is -2.36. The molecule has 2 aromatic carbocycles. The van der Waals surface area contributed by atoms with Crippen molar-refractivity contribution in [1.82, 2.24) is 19.0 Å². The number of nitrogens with zero attached hydrogens (tertiary/aromatic N) is 5. The first-order valence-electron chi connectivity index (χ1n) is 13.4. The third-order valence-electron chi connectivity index (χ3n) is 7.54. The van der Waals surface area contributed by atoms with Crippen molar-refractivity contribution in [3.63, 3.8) is 0 Å². The van der Waals surface area contributed by atoms with E-state index in [2.05, 4.69) is 9.88 Å². The summed E-state index contributed by atoms with van der Waals surface area (Å²) in [5.41, 5.74) is 4.13. The minimum Gasteiger partial charge on any atom is -0.363 e. The SMILES string of the molecule is Cc1c(N2CCN(Cc3nccs3)CC2)c(=O)n(C[C@@H](N)c2ccccc2)c(=O)n1Cc1c(F)cccc1C(F)(F)F. The van der Waals surface area contributed by atoms with Gasteiger partial charge in [-0.2, -0.15) is 13.2 Å². The Bertz CT molecular complexity index is 1650. The van der Waals surface area contributed by atoms with Gasteiger partial charge >= 0.3 is 11.9 Å². The average molecular weight is 603 g/mol. The van der Waals surface area contributed by atoms with Crippen molar-refractivity contribution in [2.45, 2.75) is 38.8 Å². The van der Waals surface area contributed by atoms with Crippen molar-refractivity contribution in [3.05, 3.63) is 114 Å². The normalized spacial score (nSPS) is 15.2. The van der Waals surface area contributed by atoms with Crippen LogP contribution >= 0.6 is 11.3 Å². The lowest BCUT2D eigenvalue weighted by atomic mass is 10.1. The molecule has 0 unspecified atom stereocenters. The van der Waals surface area contributed by atoms with Gasteiger partial charge in [0.2, 0.25) is 0 Å². The first-order chi connectivity index (χ1) is 20.0. The van der Waals surface area contributed by atoms with Crippen LogP contribution in [0.3, 0.4) is 0 Å². The molecule has 0 spiro atoms. The molecule has 42 heavy (non-hydrogen) atoms. The molecule has 5 rings (SSSR count). The van der Waals surface area contributed by atoms with Gasteiger partial charge < -0.3 is 10.6 Å². The number of hydrogen-bond acceptors (Lipinski definition) is 7. The number of nitrogens with two attached hydrogens (primary N) is 1. The minimum absolute atomic E-state index is 0.166. The fourth-order valence-electron chi connectivity index (χ4n) is 5.30. The quantitative estimate of drug-likeness (QED) is 0.307. The zero-order chi connectivity index (χ0) is 30.0. The van der Waals surface area contributed by atoms with Gasteiger partial charge in [-0.15, -0.1) is 11.3 Å². The Labute approximate surface area is 243 Å². The topological polar surface area (TPSA) is 89.4 Å². The summed E-state index contributed by atoms with van der Waals surface area (Å²) in [7, 11) is 0. The Kier molecular flexibility index (Phi) is 8.62. The van der Waals surface area contributed by atoms with E-state index >= 15 is 0 Å². The van der Waals surface area contributed by atoms with Crippen LogP contribution < -0.4 is 21.9 Å². The van der Waals surface area contributed by atoms with Crippen LogP contribution in [0.4, 0.5) is 23.2 Å². The molecule has 8 nitrogen and oxygen atoms in total. The Hall–Kier alpha value is -3.81. The number of benzene rings is 2. The zero-order valence-corrected chi connectivity index (χ0v) is 23.7. The molecule has 2 aromatic heterocycles. The maximum absolute atomic E-state index is 14.9. The van der Waals surface area contributed by atoms with E-state index in [9.17, 15) is 27.2 Å². The maximum atomic E-state index is 14.9. The molecule has 3 heterocycles. The molecular weight excluding hydrogens is 572 g/mol. The van der Waals surface area contributed by atoms with Gasteiger partial charge in [-0.3, -0.25) is 18.8 Å². The van der Waals surface area contributed by atoms with Gasteiger partial charge in [-0.1, -0.05) is 36.4 Å². The molecule has 1 aliphatic rings. The van der Waals surface area contributed by atoms with Gasteiger partial charge in [0.05, 0.1) is 25.2 Å². The summed E-state index contributed by atoms with van der Waals surface area (Å²) < 4.78 is 58.4. The second-order valence-corrected chi connectivity index (χ2v) is 11.2. The maximum Gasteiger partial charge on any atom is 0.416 e. The Morgan fingerprint density at radius 2 is 1.69 bits per heavy atom. The van der Waals surface area contributed by atoms with Crippen molar-refractivity contribution in [2.75, 3.05) is 31.1 Å². The highest BCUT2D eigenvalue weighted by Gasteiger charge is 2.35. The number of piperazine rings is 1. The first kappa shape index (κ1) is 29.7. The first-order valence-corrected chi connectivity index (χ1v) is 14.3. The van der Waals surface area contributed by atoms with Crippen molar-refractivity contribution in [2.24, 2.45) is 5.73 Å². The second kappa shape index (κ2) is 12.2. The summed E-state index contributed by atoms with van der Waals surface area (Å²) in [5, 5.41) is 2.87. The van der Waals surface area contributed by atoms with Gasteiger partial charge in [0.1, 0.15) is 16.5 Å². The predicted molar refractivity (Wildman–Crippen MR) is 153 cm³/mol.